The van der Waals surface area contributed by atoms with E-state index in [4.69, 9.17) is 4.74 Å². The minimum Gasteiger partial charge on any atom is -0.497 e. The normalized spacial score (nSPS) is 18.9. The van der Waals surface area contributed by atoms with E-state index in [9.17, 15) is 9.59 Å². The van der Waals surface area contributed by atoms with E-state index in [1.54, 1.807) is 7.11 Å². The van der Waals surface area contributed by atoms with Gasteiger partial charge >= 0.3 is 0 Å². The molecule has 0 saturated carbocycles. The summed E-state index contributed by atoms with van der Waals surface area (Å²) < 4.78 is 5.25. The van der Waals surface area contributed by atoms with Gasteiger partial charge in [-0.15, -0.1) is 0 Å². The first-order valence-electron chi connectivity index (χ1n) is 12.5. The third kappa shape index (κ3) is 7.51. The average molecular weight is 444 g/mol. The van der Waals surface area contributed by atoms with E-state index < -0.39 is 6.04 Å². The molecule has 0 bridgehead atoms. The number of nitrogens with zero attached hydrogens (tertiary/aromatic N) is 1. The number of carbonyl (C=O) groups is 2. The predicted octanol–water partition coefficient (Wildman–Crippen LogP) is 3.54. The maximum absolute atomic E-state index is 13.4. The lowest BCUT2D eigenvalue weighted by atomic mass is 9.91. The van der Waals surface area contributed by atoms with Crippen molar-refractivity contribution in [2.75, 3.05) is 33.3 Å². The summed E-state index contributed by atoms with van der Waals surface area (Å²) in [6.07, 6.45) is 8.75. The SMILES string of the molecule is CCCC1CCN(C(=O)[C@H](Cc2ccc(OC)cc2)NC(=O)CCC2CCNCC2)CC1. The van der Waals surface area contributed by atoms with Crippen molar-refractivity contribution in [3.63, 3.8) is 0 Å². The Balaban J connectivity index is 1.60. The molecule has 0 spiro atoms. The van der Waals surface area contributed by atoms with Crippen LogP contribution in [-0.2, 0) is 16.0 Å². The molecule has 2 aliphatic rings. The van der Waals surface area contributed by atoms with Crippen molar-refractivity contribution >= 4 is 11.8 Å². The van der Waals surface area contributed by atoms with Crippen LogP contribution in [0.5, 0.6) is 5.75 Å². The number of methoxy groups -OCH3 is 1. The molecular weight excluding hydrogens is 402 g/mol. The van der Waals surface area contributed by atoms with Gasteiger partial charge in [0.1, 0.15) is 11.8 Å². The summed E-state index contributed by atoms with van der Waals surface area (Å²) >= 11 is 0. The molecule has 6 nitrogen and oxygen atoms in total. The summed E-state index contributed by atoms with van der Waals surface area (Å²) in [6.45, 7) is 5.90. The van der Waals surface area contributed by atoms with Gasteiger partial charge in [-0.25, -0.2) is 0 Å². The van der Waals surface area contributed by atoms with Gasteiger partial charge in [-0.05, 0) is 74.7 Å². The zero-order chi connectivity index (χ0) is 22.8. The minimum absolute atomic E-state index is 0.00346. The maximum Gasteiger partial charge on any atom is 0.245 e. The van der Waals surface area contributed by atoms with Gasteiger partial charge in [-0.2, -0.15) is 0 Å². The predicted molar refractivity (Wildman–Crippen MR) is 128 cm³/mol. The summed E-state index contributed by atoms with van der Waals surface area (Å²) in [6, 6.07) is 7.27. The lowest BCUT2D eigenvalue weighted by molar-refractivity contribution is -0.137. The van der Waals surface area contributed by atoms with Gasteiger partial charge in [0.05, 0.1) is 7.11 Å². The number of piperidine rings is 2. The Morgan fingerprint density at radius 3 is 2.34 bits per heavy atom. The van der Waals surface area contributed by atoms with Crippen molar-refractivity contribution < 1.29 is 14.3 Å². The number of hydrogen-bond donors (Lipinski definition) is 2. The summed E-state index contributed by atoms with van der Waals surface area (Å²) in [5.41, 5.74) is 1.03. The van der Waals surface area contributed by atoms with Gasteiger partial charge in [-0.3, -0.25) is 9.59 Å². The molecule has 0 aromatic heterocycles. The number of carbonyl (C=O) groups excluding carboxylic acids is 2. The molecule has 0 aliphatic carbocycles. The molecule has 1 aromatic rings. The summed E-state index contributed by atoms with van der Waals surface area (Å²) in [5, 5.41) is 6.46. The van der Waals surface area contributed by atoms with Crippen molar-refractivity contribution in [3.05, 3.63) is 29.8 Å². The van der Waals surface area contributed by atoms with Crippen LogP contribution in [-0.4, -0.2) is 56.0 Å². The van der Waals surface area contributed by atoms with E-state index in [2.05, 4.69) is 17.6 Å². The molecule has 178 valence electrons. The Labute approximate surface area is 193 Å². The average Bonchev–Trinajstić information content (AvgIpc) is 2.84. The minimum atomic E-state index is -0.508. The van der Waals surface area contributed by atoms with Crippen LogP contribution in [0.25, 0.3) is 0 Å². The van der Waals surface area contributed by atoms with Crippen molar-refractivity contribution in [3.8, 4) is 5.75 Å². The van der Waals surface area contributed by atoms with Crippen LogP contribution < -0.4 is 15.4 Å². The number of likely N-dealkylation sites (tertiary alicyclic amines) is 1. The van der Waals surface area contributed by atoms with E-state index in [-0.39, 0.29) is 11.8 Å². The molecule has 3 rings (SSSR count). The largest absolute Gasteiger partial charge is 0.497 e. The van der Waals surface area contributed by atoms with Gasteiger partial charge in [0, 0.05) is 25.9 Å². The monoisotopic (exact) mass is 443 g/mol. The van der Waals surface area contributed by atoms with E-state index in [0.29, 0.717) is 18.8 Å². The van der Waals surface area contributed by atoms with Crippen LogP contribution in [0.3, 0.4) is 0 Å². The van der Waals surface area contributed by atoms with E-state index in [1.165, 1.54) is 12.8 Å². The van der Waals surface area contributed by atoms with Gasteiger partial charge in [-0.1, -0.05) is 31.9 Å². The Morgan fingerprint density at radius 2 is 1.72 bits per heavy atom. The lowest BCUT2D eigenvalue weighted by Crippen LogP contribution is -2.51. The molecule has 2 saturated heterocycles. The molecule has 2 heterocycles. The second-order valence-electron chi connectivity index (χ2n) is 9.46. The molecule has 2 aliphatic heterocycles. The zero-order valence-electron chi connectivity index (χ0n) is 19.9. The molecule has 6 heteroatoms. The first kappa shape index (κ1) is 24.6. The smallest absolute Gasteiger partial charge is 0.245 e. The first-order chi connectivity index (χ1) is 15.6. The van der Waals surface area contributed by atoms with Crippen molar-refractivity contribution in [2.45, 2.75) is 70.8 Å². The Morgan fingerprint density at radius 1 is 1.06 bits per heavy atom. The Kier molecular flexibility index (Phi) is 9.85. The highest BCUT2D eigenvalue weighted by Crippen LogP contribution is 2.23. The highest BCUT2D eigenvalue weighted by atomic mass is 16.5. The first-order valence-corrected chi connectivity index (χ1v) is 12.5. The van der Waals surface area contributed by atoms with Crippen molar-refractivity contribution in [2.24, 2.45) is 11.8 Å². The second kappa shape index (κ2) is 12.8. The van der Waals surface area contributed by atoms with Crippen LogP contribution >= 0.6 is 0 Å². The third-order valence-electron chi connectivity index (χ3n) is 7.09. The van der Waals surface area contributed by atoms with Crippen LogP contribution in [0.4, 0.5) is 0 Å². The van der Waals surface area contributed by atoms with E-state index in [0.717, 1.165) is 75.5 Å². The molecule has 2 N–H and O–H groups in total. The third-order valence-corrected chi connectivity index (χ3v) is 7.09. The number of ether oxygens (including phenoxy) is 1. The molecule has 0 unspecified atom stereocenters. The number of nitrogens with one attached hydrogen (secondary N) is 2. The zero-order valence-corrected chi connectivity index (χ0v) is 19.9. The Hall–Kier alpha value is -2.08. The van der Waals surface area contributed by atoms with E-state index >= 15 is 0 Å². The van der Waals surface area contributed by atoms with Gasteiger partial charge in [0.25, 0.3) is 0 Å². The fraction of sp³-hybridized carbons (Fsp3) is 0.692. The van der Waals surface area contributed by atoms with Crippen LogP contribution in [0.15, 0.2) is 24.3 Å². The van der Waals surface area contributed by atoms with Crippen molar-refractivity contribution in [1.82, 2.24) is 15.5 Å². The number of amides is 2. The summed E-state index contributed by atoms with van der Waals surface area (Å²) in [5.74, 6) is 2.18. The summed E-state index contributed by atoms with van der Waals surface area (Å²) in [7, 11) is 1.64. The number of rotatable bonds is 10. The van der Waals surface area contributed by atoms with Crippen molar-refractivity contribution in [1.29, 1.82) is 0 Å². The fourth-order valence-corrected chi connectivity index (χ4v) is 5.04. The van der Waals surface area contributed by atoms with Crippen LogP contribution in [0.1, 0.15) is 63.9 Å². The summed E-state index contributed by atoms with van der Waals surface area (Å²) in [4.78, 5) is 28.2. The lowest BCUT2D eigenvalue weighted by Gasteiger charge is -2.34. The fourth-order valence-electron chi connectivity index (χ4n) is 5.04. The maximum atomic E-state index is 13.4. The second-order valence-corrected chi connectivity index (χ2v) is 9.46. The molecule has 2 amide bonds. The standard InChI is InChI=1S/C26H41N3O3/c1-3-4-20-13-17-29(18-14-20)26(31)24(19-22-5-8-23(32-2)9-6-22)28-25(30)10-7-21-11-15-27-16-12-21/h5-6,8-9,20-21,24,27H,3-4,7,10-19H2,1-2H3,(H,28,30)/t24-/m0/s1. The molecule has 2 fully saturated rings. The molecule has 32 heavy (non-hydrogen) atoms. The topological polar surface area (TPSA) is 70.7 Å². The molecule has 0 radical (unpaired) electrons. The Bertz CT molecular complexity index is 708. The number of benzene rings is 1. The number of hydrogen-bond acceptors (Lipinski definition) is 4. The molecule has 1 atom stereocenters. The quantitative estimate of drug-likeness (QED) is 0.580. The van der Waals surface area contributed by atoms with E-state index in [1.807, 2.05) is 29.2 Å². The van der Waals surface area contributed by atoms with Crippen LogP contribution in [0, 0.1) is 11.8 Å². The van der Waals surface area contributed by atoms with Crippen LogP contribution in [0.2, 0.25) is 0 Å². The van der Waals surface area contributed by atoms with Gasteiger partial charge < -0.3 is 20.3 Å². The molecular formula is C26H41N3O3. The highest BCUT2D eigenvalue weighted by molar-refractivity contribution is 5.88. The van der Waals surface area contributed by atoms with Gasteiger partial charge in [0.2, 0.25) is 11.8 Å². The van der Waals surface area contributed by atoms with Gasteiger partial charge in [0.15, 0.2) is 0 Å². The highest BCUT2D eigenvalue weighted by Gasteiger charge is 2.29. The molecule has 1 aromatic carbocycles.